The Bertz CT molecular complexity index is 892. The molecular formula is C18H19F2NO4S. The van der Waals surface area contributed by atoms with Gasteiger partial charge in [-0.25, -0.2) is 8.42 Å². The molecule has 3 rings (SSSR count). The second-order valence-electron chi connectivity index (χ2n) is 5.91. The summed E-state index contributed by atoms with van der Waals surface area (Å²) in [7, 11) is -3.62. The Balaban J connectivity index is 1.85. The molecule has 0 unspecified atom stereocenters. The summed E-state index contributed by atoms with van der Waals surface area (Å²) in [6.45, 7) is -0.535. The maximum atomic E-state index is 13.0. The van der Waals surface area contributed by atoms with E-state index in [1.165, 1.54) is 29.0 Å². The van der Waals surface area contributed by atoms with Crippen molar-refractivity contribution in [3.8, 4) is 5.75 Å². The van der Waals surface area contributed by atoms with E-state index in [2.05, 4.69) is 4.74 Å². The highest BCUT2D eigenvalue weighted by Gasteiger charge is 2.28. The van der Waals surface area contributed by atoms with Crippen LogP contribution >= 0.6 is 0 Å². The molecule has 0 amide bonds. The van der Waals surface area contributed by atoms with Crippen LogP contribution in [-0.2, 0) is 23.0 Å². The van der Waals surface area contributed by atoms with Gasteiger partial charge in [-0.05, 0) is 48.2 Å². The first-order valence-electron chi connectivity index (χ1n) is 8.19. The Morgan fingerprint density at radius 3 is 2.73 bits per heavy atom. The van der Waals surface area contributed by atoms with Crippen molar-refractivity contribution >= 4 is 16.1 Å². The first-order chi connectivity index (χ1) is 12.4. The molecule has 1 aromatic carbocycles. The Morgan fingerprint density at radius 1 is 1.27 bits per heavy atom. The predicted octanol–water partition coefficient (Wildman–Crippen LogP) is 4.02. The molecule has 1 heterocycles. The van der Waals surface area contributed by atoms with Gasteiger partial charge in [-0.3, -0.25) is 0 Å². The summed E-state index contributed by atoms with van der Waals surface area (Å²) >= 11 is 0. The van der Waals surface area contributed by atoms with Crippen molar-refractivity contribution in [3.63, 3.8) is 0 Å². The van der Waals surface area contributed by atoms with Gasteiger partial charge in [0.25, 0.3) is 0 Å². The number of alkyl halides is 2. The molecule has 5 nitrogen and oxygen atoms in total. The molecule has 140 valence electrons. The molecule has 26 heavy (non-hydrogen) atoms. The minimum atomic E-state index is -3.62. The third-order valence-corrected chi connectivity index (χ3v) is 6.31. The summed E-state index contributed by atoms with van der Waals surface area (Å²) in [5.74, 6) is 0.0774. The van der Waals surface area contributed by atoms with Gasteiger partial charge in [0.1, 0.15) is 5.75 Å². The van der Waals surface area contributed by atoms with E-state index >= 15 is 0 Å². The average Bonchev–Trinajstić information content (AvgIpc) is 3.11. The second kappa shape index (κ2) is 7.59. The standard InChI is InChI=1S/C18H19F2NO4S/c1-2-21(11-13-7-8-24-12-13)26(22,23)17-6-4-14-9-16(25-18(19)20)5-3-15(14)10-17/h3,5,7-10,12,18H,2,4,6,11H2,1H3. The first kappa shape index (κ1) is 18.6. The number of hydrogen-bond acceptors (Lipinski definition) is 4. The molecule has 1 aliphatic rings. The van der Waals surface area contributed by atoms with E-state index in [4.69, 9.17) is 4.42 Å². The molecule has 0 spiro atoms. The fourth-order valence-corrected chi connectivity index (χ4v) is 4.57. The van der Waals surface area contributed by atoms with Crippen molar-refractivity contribution in [1.82, 2.24) is 4.31 Å². The Morgan fingerprint density at radius 2 is 2.08 bits per heavy atom. The van der Waals surface area contributed by atoms with Gasteiger partial charge >= 0.3 is 6.61 Å². The lowest BCUT2D eigenvalue weighted by molar-refractivity contribution is -0.0498. The number of hydrogen-bond donors (Lipinski definition) is 0. The van der Waals surface area contributed by atoms with E-state index in [1.807, 2.05) is 0 Å². The largest absolute Gasteiger partial charge is 0.472 e. The van der Waals surface area contributed by atoms with Gasteiger partial charge in [0.2, 0.25) is 10.0 Å². The quantitative estimate of drug-likeness (QED) is 0.725. The van der Waals surface area contributed by atoms with Gasteiger partial charge in [0.15, 0.2) is 0 Å². The molecule has 0 atom stereocenters. The van der Waals surface area contributed by atoms with Crippen LogP contribution in [0.3, 0.4) is 0 Å². The van der Waals surface area contributed by atoms with Gasteiger partial charge in [0.05, 0.1) is 17.4 Å². The highest BCUT2D eigenvalue weighted by molar-refractivity contribution is 7.93. The summed E-state index contributed by atoms with van der Waals surface area (Å²) in [5.41, 5.74) is 2.27. The molecule has 8 heteroatoms. The van der Waals surface area contributed by atoms with Crippen molar-refractivity contribution in [1.29, 1.82) is 0 Å². The smallest absolute Gasteiger partial charge is 0.387 e. The molecule has 0 saturated carbocycles. The van der Waals surface area contributed by atoms with Crippen molar-refractivity contribution in [2.75, 3.05) is 6.54 Å². The third kappa shape index (κ3) is 3.96. The number of fused-ring (bicyclic) bond motifs is 1. The maximum absolute atomic E-state index is 13.0. The van der Waals surface area contributed by atoms with Crippen LogP contribution in [0.1, 0.15) is 30.0 Å². The second-order valence-corrected chi connectivity index (χ2v) is 7.90. The zero-order valence-corrected chi connectivity index (χ0v) is 15.0. The number of rotatable bonds is 7. The van der Waals surface area contributed by atoms with Crippen LogP contribution in [0.2, 0.25) is 0 Å². The number of nitrogens with zero attached hydrogens (tertiary/aromatic N) is 1. The van der Waals surface area contributed by atoms with Crippen molar-refractivity contribution < 1.29 is 26.4 Å². The lowest BCUT2D eigenvalue weighted by atomic mass is 9.97. The Labute approximate surface area is 150 Å². The van der Waals surface area contributed by atoms with Crippen LogP contribution in [0.5, 0.6) is 5.75 Å². The van der Waals surface area contributed by atoms with E-state index in [0.29, 0.717) is 29.9 Å². The minimum absolute atomic E-state index is 0.0774. The molecule has 0 saturated heterocycles. The number of ether oxygens (including phenoxy) is 1. The zero-order valence-electron chi connectivity index (χ0n) is 14.2. The van der Waals surface area contributed by atoms with E-state index < -0.39 is 16.6 Å². The topological polar surface area (TPSA) is 59.8 Å². The summed E-state index contributed by atoms with van der Waals surface area (Å²) in [6.07, 6.45) is 5.40. The Kier molecular flexibility index (Phi) is 5.43. The van der Waals surface area contributed by atoms with Crippen LogP contribution in [0, 0.1) is 0 Å². The normalized spacial score (nSPS) is 14.4. The van der Waals surface area contributed by atoms with E-state index in [1.54, 1.807) is 25.1 Å². The molecule has 1 aliphatic carbocycles. The van der Waals surface area contributed by atoms with Crippen molar-refractivity contribution in [2.24, 2.45) is 0 Å². The average molecular weight is 383 g/mol. The van der Waals surface area contributed by atoms with Gasteiger partial charge in [-0.15, -0.1) is 0 Å². The molecule has 0 radical (unpaired) electrons. The highest BCUT2D eigenvalue weighted by atomic mass is 32.2. The molecule has 2 aromatic rings. The predicted molar refractivity (Wildman–Crippen MR) is 93.1 cm³/mol. The zero-order chi connectivity index (χ0) is 18.7. The van der Waals surface area contributed by atoms with Crippen LogP contribution in [0.4, 0.5) is 8.78 Å². The van der Waals surface area contributed by atoms with Crippen molar-refractivity contribution in [2.45, 2.75) is 32.9 Å². The number of benzene rings is 1. The third-order valence-electron chi connectivity index (χ3n) is 4.26. The van der Waals surface area contributed by atoms with Gasteiger partial charge in [0, 0.05) is 18.7 Å². The molecule has 0 bridgehead atoms. The Hall–Kier alpha value is -2.19. The molecule has 1 aromatic heterocycles. The van der Waals surface area contributed by atoms with Crippen LogP contribution in [-0.4, -0.2) is 25.9 Å². The van der Waals surface area contributed by atoms with Gasteiger partial charge in [-0.2, -0.15) is 13.1 Å². The number of sulfonamides is 1. The SMILES string of the molecule is CCN(Cc1ccoc1)S(=O)(=O)C1=Cc2ccc(OC(F)F)cc2CC1. The molecule has 0 fully saturated rings. The maximum Gasteiger partial charge on any atom is 0.387 e. The number of allylic oxidation sites excluding steroid dienone is 1. The van der Waals surface area contributed by atoms with Crippen LogP contribution < -0.4 is 4.74 Å². The highest BCUT2D eigenvalue weighted by Crippen LogP contribution is 2.32. The van der Waals surface area contributed by atoms with E-state index in [0.717, 1.165) is 11.1 Å². The van der Waals surface area contributed by atoms with Crippen LogP contribution in [0.25, 0.3) is 6.08 Å². The summed E-state index contributed by atoms with van der Waals surface area (Å²) in [6, 6.07) is 6.28. The molecule has 0 N–H and O–H groups in total. The molecular weight excluding hydrogens is 364 g/mol. The summed E-state index contributed by atoms with van der Waals surface area (Å²) < 4.78 is 61.4. The van der Waals surface area contributed by atoms with Gasteiger partial charge < -0.3 is 9.15 Å². The van der Waals surface area contributed by atoms with E-state index in [9.17, 15) is 17.2 Å². The number of halogens is 2. The fourth-order valence-electron chi connectivity index (χ4n) is 2.94. The van der Waals surface area contributed by atoms with E-state index in [-0.39, 0.29) is 12.3 Å². The molecule has 0 aliphatic heterocycles. The summed E-state index contributed by atoms with van der Waals surface area (Å²) in [4.78, 5) is 0.317. The lowest BCUT2D eigenvalue weighted by Gasteiger charge is -2.24. The number of aryl methyl sites for hydroxylation is 1. The number of furan rings is 1. The van der Waals surface area contributed by atoms with Crippen LogP contribution in [0.15, 0.2) is 46.1 Å². The lowest BCUT2D eigenvalue weighted by Crippen LogP contribution is -2.32. The fraction of sp³-hybridized carbons (Fsp3) is 0.333. The van der Waals surface area contributed by atoms with Crippen molar-refractivity contribution in [3.05, 3.63) is 58.4 Å². The monoisotopic (exact) mass is 383 g/mol. The first-order valence-corrected chi connectivity index (χ1v) is 9.63. The van der Waals surface area contributed by atoms with Gasteiger partial charge in [-0.1, -0.05) is 13.0 Å². The minimum Gasteiger partial charge on any atom is -0.472 e. The summed E-state index contributed by atoms with van der Waals surface area (Å²) in [5, 5.41) is 0.